The number of fused-ring (bicyclic) bond motifs is 1. The lowest BCUT2D eigenvalue weighted by Gasteiger charge is -2.22. The summed E-state index contributed by atoms with van der Waals surface area (Å²) in [5, 5.41) is 17.6. The first-order valence-corrected chi connectivity index (χ1v) is 8.94. The average molecular weight is 338 g/mol. The van der Waals surface area contributed by atoms with Gasteiger partial charge in [0.15, 0.2) is 5.96 Å². The molecule has 0 radical (unpaired) electrons. The van der Waals surface area contributed by atoms with Gasteiger partial charge in [0.1, 0.15) is 5.60 Å². The number of aliphatic hydroxyl groups is 1. The summed E-state index contributed by atoms with van der Waals surface area (Å²) in [6.45, 7) is 3.93. The number of guanidine groups is 1. The molecule has 1 aromatic heterocycles. The summed E-state index contributed by atoms with van der Waals surface area (Å²) >= 11 is 0. The van der Waals surface area contributed by atoms with Gasteiger partial charge in [-0.25, -0.2) is 4.99 Å². The van der Waals surface area contributed by atoms with Gasteiger partial charge in [0.25, 0.3) is 0 Å². The van der Waals surface area contributed by atoms with Crippen LogP contribution < -0.4 is 10.6 Å². The highest BCUT2D eigenvalue weighted by atomic mass is 16.3. The molecule has 2 aromatic rings. The van der Waals surface area contributed by atoms with Crippen LogP contribution in [0.1, 0.15) is 30.2 Å². The SMILES string of the molecule is CCNC(=NCC1(O)CCc2ccccc21)NCCc1ccccn1. The van der Waals surface area contributed by atoms with E-state index in [0.717, 1.165) is 49.6 Å². The van der Waals surface area contributed by atoms with Crippen LogP contribution in [0.25, 0.3) is 0 Å². The van der Waals surface area contributed by atoms with Crippen molar-refractivity contribution in [2.75, 3.05) is 19.6 Å². The first kappa shape index (κ1) is 17.4. The fourth-order valence-corrected chi connectivity index (χ4v) is 3.24. The molecule has 1 aliphatic rings. The lowest BCUT2D eigenvalue weighted by molar-refractivity contribution is 0.0485. The summed E-state index contributed by atoms with van der Waals surface area (Å²) in [7, 11) is 0. The Bertz CT molecular complexity index is 717. The Labute approximate surface area is 149 Å². The van der Waals surface area contributed by atoms with Gasteiger partial charge in [-0.05, 0) is 43.0 Å². The molecule has 0 amide bonds. The highest BCUT2D eigenvalue weighted by Crippen LogP contribution is 2.36. The van der Waals surface area contributed by atoms with E-state index >= 15 is 0 Å². The Morgan fingerprint density at radius 3 is 2.84 bits per heavy atom. The molecule has 0 aliphatic heterocycles. The van der Waals surface area contributed by atoms with Crippen molar-refractivity contribution >= 4 is 5.96 Å². The Morgan fingerprint density at radius 2 is 2.04 bits per heavy atom. The van der Waals surface area contributed by atoms with Crippen molar-refractivity contribution < 1.29 is 5.11 Å². The van der Waals surface area contributed by atoms with Gasteiger partial charge in [0, 0.05) is 31.4 Å². The maximum Gasteiger partial charge on any atom is 0.191 e. The van der Waals surface area contributed by atoms with E-state index in [4.69, 9.17) is 0 Å². The standard InChI is InChI=1S/C20H26N4O/c1-2-21-19(23-14-11-17-8-5-6-13-22-17)24-15-20(25)12-10-16-7-3-4-9-18(16)20/h3-9,13,25H,2,10-12,14-15H2,1H3,(H2,21,23,24). The average Bonchev–Trinajstić information content (AvgIpc) is 2.98. The maximum atomic E-state index is 11.0. The van der Waals surface area contributed by atoms with Gasteiger partial charge < -0.3 is 15.7 Å². The van der Waals surface area contributed by atoms with E-state index in [1.807, 2.05) is 49.5 Å². The summed E-state index contributed by atoms with van der Waals surface area (Å²) in [6, 6.07) is 14.0. The molecule has 0 bridgehead atoms. The van der Waals surface area contributed by atoms with Crippen molar-refractivity contribution in [1.29, 1.82) is 0 Å². The van der Waals surface area contributed by atoms with Crippen molar-refractivity contribution in [3.05, 3.63) is 65.5 Å². The van der Waals surface area contributed by atoms with Gasteiger partial charge in [0.2, 0.25) is 0 Å². The molecule has 1 aromatic carbocycles. The van der Waals surface area contributed by atoms with Crippen LogP contribution in [0.15, 0.2) is 53.7 Å². The van der Waals surface area contributed by atoms with Crippen molar-refractivity contribution in [3.63, 3.8) is 0 Å². The van der Waals surface area contributed by atoms with E-state index in [1.165, 1.54) is 5.56 Å². The van der Waals surface area contributed by atoms with Crippen LogP contribution in [0.5, 0.6) is 0 Å². The third-order valence-electron chi connectivity index (χ3n) is 4.57. The zero-order valence-electron chi connectivity index (χ0n) is 14.7. The van der Waals surface area contributed by atoms with Gasteiger partial charge in [-0.15, -0.1) is 0 Å². The smallest absolute Gasteiger partial charge is 0.191 e. The molecule has 3 rings (SSSR count). The van der Waals surface area contributed by atoms with Crippen LogP contribution in [0.3, 0.4) is 0 Å². The fraction of sp³-hybridized carbons (Fsp3) is 0.400. The molecule has 132 valence electrons. The Kier molecular flexibility index (Phi) is 5.66. The van der Waals surface area contributed by atoms with E-state index < -0.39 is 5.60 Å². The molecule has 25 heavy (non-hydrogen) atoms. The molecule has 0 saturated carbocycles. The minimum absolute atomic E-state index is 0.364. The zero-order valence-corrected chi connectivity index (χ0v) is 14.7. The normalized spacial score (nSPS) is 19.5. The number of rotatable bonds is 6. The number of hydrogen-bond donors (Lipinski definition) is 3. The third-order valence-corrected chi connectivity index (χ3v) is 4.57. The summed E-state index contributed by atoms with van der Waals surface area (Å²) in [5.41, 5.74) is 2.44. The molecule has 3 N–H and O–H groups in total. The first-order valence-electron chi connectivity index (χ1n) is 8.94. The van der Waals surface area contributed by atoms with Crippen molar-refractivity contribution in [1.82, 2.24) is 15.6 Å². The van der Waals surface area contributed by atoms with Crippen LogP contribution >= 0.6 is 0 Å². The molecule has 5 nitrogen and oxygen atoms in total. The number of hydrogen-bond acceptors (Lipinski definition) is 3. The van der Waals surface area contributed by atoms with E-state index in [-0.39, 0.29) is 0 Å². The molecule has 0 spiro atoms. The molecule has 0 fully saturated rings. The van der Waals surface area contributed by atoms with Crippen LogP contribution in [-0.4, -0.2) is 35.7 Å². The van der Waals surface area contributed by atoms with Crippen LogP contribution in [0, 0.1) is 0 Å². The second kappa shape index (κ2) is 8.12. The minimum atomic E-state index is -0.861. The number of aliphatic imine (C=N–C) groups is 1. The predicted molar refractivity (Wildman–Crippen MR) is 101 cm³/mol. The maximum absolute atomic E-state index is 11.0. The lowest BCUT2D eigenvalue weighted by atomic mass is 9.96. The van der Waals surface area contributed by atoms with Gasteiger partial charge in [-0.3, -0.25) is 4.98 Å². The lowest BCUT2D eigenvalue weighted by Crippen LogP contribution is -2.40. The van der Waals surface area contributed by atoms with E-state index in [2.05, 4.69) is 26.7 Å². The fourth-order valence-electron chi connectivity index (χ4n) is 3.24. The van der Waals surface area contributed by atoms with Gasteiger partial charge >= 0.3 is 0 Å². The Morgan fingerprint density at radius 1 is 1.20 bits per heavy atom. The van der Waals surface area contributed by atoms with Crippen molar-refractivity contribution in [3.8, 4) is 0 Å². The third kappa shape index (κ3) is 4.37. The highest BCUT2D eigenvalue weighted by molar-refractivity contribution is 5.79. The quantitative estimate of drug-likeness (QED) is 0.557. The van der Waals surface area contributed by atoms with Gasteiger partial charge in [-0.2, -0.15) is 0 Å². The Hall–Kier alpha value is -2.40. The molecule has 0 saturated heterocycles. The second-order valence-corrected chi connectivity index (χ2v) is 6.38. The molecular formula is C20H26N4O. The summed E-state index contributed by atoms with van der Waals surface area (Å²) in [4.78, 5) is 8.95. The summed E-state index contributed by atoms with van der Waals surface area (Å²) in [6.07, 6.45) is 4.27. The first-order chi connectivity index (χ1) is 12.2. The van der Waals surface area contributed by atoms with Crippen LogP contribution in [0.2, 0.25) is 0 Å². The summed E-state index contributed by atoms with van der Waals surface area (Å²) < 4.78 is 0. The predicted octanol–water partition coefficient (Wildman–Crippen LogP) is 2.01. The molecule has 5 heteroatoms. The van der Waals surface area contributed by atoms with E-state index in [9.17, 15) is 5.11 Å². The highest BCUT2D eigenvalue weighted by Gasteiger charge is 2.36. The molecule has 1 aliphatic carbocycles. The topological polar surface area (TPSA) is 69.5 Å². The number of aryl methyl sites for hydroxylation is 1. The number of pyridine rings is 1. The van der Waals surface area contributed by atoms with Crippen molar-refractivity contribution in [2.24, 2.45) is 4.99 Å². The Balaban J connectivity index is 1.60. The number of nitrogens with zero attached hydrogens (tertiary/aromatic N) is 2. The van der Waals surface area contributed by atoms with Crippen molar-refractivity contribution in [2.45, 2.75) is 31.8 Å². The zero-order chi connectivity index (χ0) is 17.5. The molecule has 1 atom stereocenters. The molecule has 1 unspecified atom stereocenters. The monoisotopic (exact) mass is 338 g/mol. The van der Waals surface area contributed by atoms with Crippen LogP contribution in [0.4, 0.5) is 0 Å². The largest absolute Gasteiger partial charge is 0.383 e. The minimum Gasteiger partial charge on any atom is -0.383 e. The van der Waals surface area contributed by atoms with E-state index in [1.54, 1.807) is 0 Å². The summed E-state index contributed by atoms with van der Waals surface area (Å²) in [5.74, 6) is 0.733. The second-order valence-electron chi connectivity index (χ2n) is 6.38. The molecular weight excluding hydrogens is 312 g/mol. The number of aromatic nitrogens is 1. The van der Waals surface area contributed by atoms with E-state index in [0.29, 0.717) is 6.54 Å². The molecule has 1 heterocycles. The van der Waals surface area contributed by atoms with Gasteiger partial charge in [-0.1, -0.05) is 30.3 Å². The van der Waals surface area contributed by atoms with Gasteiger partial charge in [0.05, 0.1) is 6.54 Å². The number of nitrogens with one attached hydrogen (secondary N) is 2. The number of benzene rings is 1. The van der Waals surface area contributed by atoms with Crippen LogP contribution in [-0.2, 0) is 18.4 Å².